The summed E-state index contributed by atoms with van der Waals surface area (Å²) < 4.78 is 11.0. The van der Waals surface area contributed by atoms with Gasteiger partial charge in [0.15, 0.2) is 5.96 Å². The van der Waals surface area contributed by atoms with Crippen LogP contribution in [0, 0.1) is 5.92 Å². The van der Waals surface area contributed by atoms with Gasteiger partial charge in [-0.1, -0.05) is 13.8 Å². The van der Waals surface area contributed by atoms with E-state index in [0.29, 0.717) is 5.92 Å². The minimum Gasteiger partial charge on any atom is -0.444 e. The molecule has 0 aromatic carbocycles. The normalized spacial score (nSPS) is 18.3. The zero-order valence-electron chi connectivity index (χ0n) is 20.7. The van der Waals surface area contributed by atoms with E-state index < -0.39 is 5.60 Å². The van der Waals surface area contributed by atoms with E-state index in [1.807, 2.05) is 34.9 Å². The predicted molar refractivity (Wildman–Crippen MR) is 123 cm³/mol. The van der Waals surface area contributed by atoms with Crippen molar-refractivity contribution in [3.8, 4) is 0 Å². The largest absolute Gasteiger partial charge is 0.444 e. The fourth-order valence-electron chi connectivity index (χ4n) is 3.63. The molecule has 0 saturated carbocycles. The molecule has 0 spiro atoms. The minimum atomic E-state index is -0.499. The zero-order valence-corrected chi connectivity index (χ0v) is 20.7. The quantitative estimate of drug-likeness (QED) is 0.458. The molecule has 0 aromatic heterocycles. The maximum absolute atomic E-state index is 12.2. The van der Waals surface area contributed by atoms with Crippen molar-refractivity contribution in [3.05, 3.63) is 0 Å². The maximum atomic E-state index is 12.2. The van der Waals surface area contributed by atoms with Gasteiger partial charge in [-0.3, -0.25) is 4.99 Å². The molecule has 1 fully saturated rings. The Morgan fingerprint density at radius 3 is 2.27 bits per heavy atom. The molecule has 8 heteroatoms. The van der Waals surface area contributed by atoms with Crippen LogP contribution in [0.25, 0.3) is 0 Å². The van der Waals surface area contributed by atoms with Gasteiger partial charge in [0.1, 0.15) is 5.60 Å². The number of ether oxygens (including phenoxy) is 2. The smallest absolute Gasteiger partial charge is 0.407 e. The molecule has 0 aromatic rings. The molecule has 0 bridgehead atoms. The van der Waals surface area contributed by atoms with E-state index in [4.69, 9.17) is 9.47 Å². The van der Waals surface area contributed by atoms with Crippen molar-refractivity contribution < 1.29 is 14.3 Å². The van der Waals surface area contributed by atoms with Crippen LogP contribution in [-0.4, -0.2) is 93.5 Å². The molecule has 0 radical (unpaired) electrons. The van der Waals surface area contributed by atoms with Crippen molar-refractivity contribution in [2.75, 3.05) is 54.5 Å². The Balaban J connectivity index is 2.62. The number of amides is 1. The highest BCUT2D eigenvalue weighted by molar-refractivity contribution is 5.79. The number of nitrogens with zero attached hydrogens (tertiary/aromatic N) is 3. The van der Waals surface area contributed by atoms with Gasteiger partial charge in [-0.2, -0.15) is 0 Å². The van der Waals surface area contributed by atoms with Crippen molar-refractivity contribution in [2.24, 2.45) is 10.9 Å². The van der Waals surface area contributed by atoms with Crippen LogP contribution in [0.15, 0.2) is 4.99 Å². The Morgan fingerprint density at radius 1 is 1.20 bits per heavy atom. The minimum absolute atomic E-state index is 0.0315. The van der Waals surface area contributed by atoms with Crippen molar-refractivity contribution in [3.63, 3.8) is 0 Å². The Kier molecular flexibility index (Phi) is 10.4. The fourth-order valence-corrected chi connectivity index (χ4v) is 3.63. The summed E-state index contributed by atoms with van der Waals surface area (Å²) in [5.74, 6) is 1.17. The topological polar surface area (TPSA) is 78.4 Å². The van der Waals surface area contributed by atoms with Crippen LogP contribution in [0.1, 0.15) is 53.9 Å². The van der Waals surface area contributed by atoms with Crippen molar-refractivity contribution in [1.82, 2.24) is 20.4 Å². The van der Waals surface area contributed by atoms with Gasteiger partial charge in [-0.15, -0.1) is 0 Å². The highest BCUT2D eigenvalue weighted by Gasteiger charge is 2.35. The van der Waals surface area contributed by atoms with Gasteiger partial charge in [0.2, 0.25) is 0 Å². The first kappa shape index (κ1) is 26.5. The number of carbonyl (C=O) groups excluding carboxylic acids is 1. The molecule has 1 unspecified atom stereocenters. The molecule has 1 saturated heterocycles. The van der Waals surface area contributed by atoms with E-state index in [-0.39, 0.29) is 17.7 Å². The highest BCUT2D eigenvalue weighted by Crippen LogP contribution is 2.25. The maximum Gasteiger partial charge on any atom is 0.407 e. The van der Waals surface area contributed by atoms with Gasteiger partial charge >= 0.3 is 6.09 Å². The second kappa shape index (κ2) is 11.7. The molecular weight excluding hydrogens is 382 g/mol. The third kappa shape index (κ3) is 8.68. The molecule has 176 valence electrons. The SMILES string of the molecule is CN=C(NCC1(N(C)C)CCOCC1)N(C)CCC(NC(=O)OC(C)(C)C)C(C)C. The number of likely N-dealkylation sites (N-methyl/N-ethyl adjacent to an activating group) is 1. The number of rotatable bonds is 8. The second-order valence-corrected chi connectivity index (χ2v) is 9.84. The summed E-state index contributed by atoms with van der Waals surface area (Å²) >= 11 is 0. The lowest BCUT2D eigenvalue weighted by molar-refractivity contribution is -0.00522. The summed E-state index contributed by atoms with van der Waals surface area (Å²) in [5, 5.41) is 6.57. The van der Waals surface area contributed by atoms with E-state index in [0.717, 1.165) is 51.5 Å². The Labute approximate surface area is 183 Å². The van der Waals surface area contributed by atoms with Crippen LogP contribution < -0.4 is 10.6 Å². The molecule has 2 N–H and O–H groups in total. The van der Waals surface area contributed by atoms with Crippen LogP contribution in [-0.2, 0) is 9.47 Å². The van der Waals surface area contributed by atoms with Crippen LogP contribution >= 0.6 is 0 Å². The van der Waals surface area contributed by atoms with Gasteiger partial charge in [0.05, 0.1) is 0 Å². The number of nitrogens with one attached hydrogen (secondary N) is 2. The molecule has 1 aliphatic rings. The summed E-state index contributed by atoms with van der Waals surface area (Å²) in [6.07, 6.45) is 2.45. The van der Waals surface area contributed by atoms with E-state index in [1.54, 1.807) is 0 Å². The second-order valence-electron chi connectivity index (χ2n) is 9.84. The standard InChI is InChI=1S/C22H45N5O3/c1-17(2)18(25-20(28)30-21(3,4)5)10-13-27(9)19(23-6)24-16-22(26(7)8)11-14-29-15-12-22/h17-18H,10-16H2,1-9H3,(H,23,24)(H,25,28). The Bertz CT molecular complexity index is 551. The van der Waals surface area contributed by atoms with Gasteiger partial charge in [0, 0.05) is 52.0 Å². The first-order valence-electron chi connectivity index (χ1n) is 11.1. The van der Waals surface area contributed by atoms with Crippen LogP contribution in [0.5, 0.6) is 0 Å². The number of hydrogen-bond acceptors (Lipinski definition) is 5. The van der Waals surface area contributed by atoms with E-state index in [2.05, 4.69) is 53.4 Å². The Hall–Kier alpha value is -1.54. The lowest BCUT2D eigenvalue weighted by atomic mass is 9.88. The highest BCUT2D eigenvalue weighted by atomic mass is 16.6. The van der Waals surface area contributed by atoms with E-state index in [9.17, 15) is 4.79 Å². The number of carbonyl (C=O) groups is 1. The predicted octanol–water partition coefficient (Wildman–Crippen LogP) is 2.54. The third-order valence-electron chi connectivity index (χ3n) is 5.80. The monoisotopic (exact) mass is 427 g/mol. The van der Waals surface area contributed by atoms with E-state index >= 15 is 0 Å². The van der Waals surface area contributed by atoms with Crippen molar-refractivity contribution >= 4 is 12.1 Å². The molecule has 8 nitrogen and oxygen atoms in total. The number of guanidine groups is 1. The number of aliphatic imine (C=N–C) groups is 1. The van der Waals surface area contributed by atoms with Crippen LogP contribution in [0.3, 0.4) is 0 Å². The molecule has 1 heterocycles. The molecule has 30 heavy (non-hydrogen) atoms. The van der Waals surface area contributed by atoms with Gasteiger partial charge < -0.3 is 29.9 Å². The molecule has 1 rings (SSSR count). The van der Waals surface area contributed by atoms with Crippen molar-refractivity contribution in [2.45, 2.75) is 71.1 Å². The summed E-state index contributed by atoms with van der Waals surface area (Å²) in [7, 11) is 8.11. The number of hydrogen-bond donors (Lipinski definition) is 2. The first-order chi connectivity index (χ1) is 13.9. The summed E-state index contributed by atoms with van der Waals surface area (Å²) in [6.45, 7) is 13.0. The average molecular weight is 428 g/mol. The lowest BCUT2D eigenvalue weighted by Crippen LogP contribution is -2.57. The van der Waals surface area contributed by atoms with Crippen LogP contribution in [0.4, 0.5) is 4.79 Å². The fraction of sp³-hybridized carbons (Fsp3) is 0.909. The molecule has 1 amide bonds. The molecule has 1 aliphatic heterocycles. The summed E-state index contributed by atoms with van der Waals surface area (Å²) in [4.78, 5) is 21.1. The first-order valence-corrected chi connectivity index (χ1v) is 11.1. The van der Waals surface area contributed by atoms with Gasteiger partial charge in [-0.05, 0) is 60.0 Å². The van der Waals surface area contributed by atoms with Crippen LogP contribution in [0.2, 0.25) is 0 Å². The average Bonchev–Trinajstić information content (AvgIpc) is 2.64. The van der Waals surface area contributed by atoms with Crippen molar-refractivity contribution in [1.29, 1.82) is 0 Å². The van der Waals surface area contributed by atoms with Gasteiger partial charge in [-0.25, -0.2) is 4.79 Å². The number of alkyl carbamates (subject to hydrolysis) is 1. The third-order valence-corrected chi connectivity index (χ3v) is 5.80. The van der Waals surface area contributed by atoms with E-state index in [1.165, 1.54) is 0 Å². The zero-order chi connectivity index (χ0) is 22.9. The summed E-state index contributed by atoms with van der Waals surface area (Å²) in [6, 6.07) is 0.0315. The Morgan fingerprint density at radius 2 is 1.80 bits per heavy atom. The molecular formula is C22H45N5O3. The van der Waals surface area contributed by atoms with Gasteiger partial charge in [0.25, 0.3) is 0 Å². The molecule has 1 atom stereocenters. The lowest BCUT2D eigenvalue weighted by Gasteiger charge is -2.43. The molecule has 0 aliphatic carbocycles. The summed E-state index contributed by atoms with van der Waals surface area (Å²) in [5.41, 5.74) is -0.422.